The Balaban J connectivity index is 1.85. The van der Waals surface area contributed by atoms with Crippen molar-refractivity contribution in [2.45, 2.75) is 45.2 Å². The van der Waals surface area contributed by atoms with E-state index in [1.165, 1.54) is 16.6 Å². The van der Waals surface area contributed by atoms with Crippen LogP contribution < -0.4 is 0 Å². The Labute approximate surface area is 124 Å². The molecule has 0 radical (unpaired) electrons. The largest absolute Gasteiger partial charge is 0.481 e. The number of aryl methyl sites for hydroxylation is 1. The number of piperidine rings is 1. The van der Waals surface area contributed by atoms with Gasteiger partial charge in [-0.15, -0.1) is 0 Å². The van der Waals surface area contributed by atoms with Crippen molar-refractivity contribution in [1.29, 1.82) is 0 Å². The third-order valence-corrected chi connectivity index (χ3v) is 4.55. The summed E-state index contributed by atoms with van der Waals surface area (Å²) in [5.41, 5.74) is 3.66. The monoisotopic (exact) mass is 286 g/mol. The maximum Gasteiger partial charge on any atom is 0.304 e. The van der Waals surface area contributed by atoms with E-state index in [1.807, 2.05) is 6.07 Å². The number of para-hydroxylation sites is 1. The lowest BCUT2D eigenvalue weighted by atomic mass is 9.98. The molecule has 0 saturated carbocycles. The highest BCUT2D eigenvalue weighted by Gasteiger charge is 2.25. The van der Waals surface area contributed by atoms with Crippen molar-refractivity contribution in [3.05, 3.63) is 35.5 Å². The van der Waals surface area contributed by atoms with E-state index in [1.54, 1.807) is 0 Å². The fraction of sp³-hybridized carbons (Fsp3) is 0.471. The summed E-state index contributed by atoms with van der Waals surface area (Å²) in [7, 11) is 0. The van der Waals surface area contributed by atoms with E-state index in [0.717, 1.165) is 37.9 Å². The number of likely N-dealkylation sites (tertiary alicyclic amines) is 1. The Morgan fingerprint density at radius 1 is 1.38 bits per heavy atom. The molecular weight excluding hydrogens is 264 g/mol. The van der Waals surface area contributed by atoms with Crippen LogP contribution in [-0.2, 0) is 11.3 Å². The Morgan fingerprint density at radius 2 is 2.19 bits per heavy atom. The summed E-state index contributed by atoms with van der Waals surface area (Å²) in [6.07, 6.45) is 3.55. The number of carbonyl (C=O) groups is 1. The zero-order chi connectivity index (χ0) is 14.8. The molecule has 1 saturated heterocycles. The second-order valence-corrected chi connectivity index (χ2v) is 5.99. The van der Waals surface area contributed by atoms with Crippen LogP contribution in [0.15, 0.2) is 24.3 Å². The predicted molar refractivity (Wildman–Crippen MR) is 83.3 cm³/mol. The van der Waals surface area contributed by atoms with Gasteiger partial charge in [-0.25, -0.2) is 0 Å². The van der Waals surface area contributed by atoms with Gasteiger partial charge in [-0.2, -0.15) is 0 Å². The van der Waals surface area contributed by atoms with Gasteiger partial charge in [-0.05, 0) is 37.9 Å². The highest BCUT2D eigenvalue weighted by atomic mass is 16.4. The molecule has 3 rings (SSSR count). The molecule has 0 amide bonds. The van der Waals surface area contributed by atoms with Crippen LogP contribution in [0.25, 0.3) is 10.9 Å². The summed E-state index contributed by atoms with van der Waals surface area (Å²) in [6, 6.07) is 8.51. The first-order valence-corrected chi connectivity index (χ1v) is 7.67. The van der Waals surface area contributed by atoms with Crippen molar-refractivity contribution >= 4 is 16.9 Å². The van der Waals surface area contributed by atoms with Gasteiger partial charge in [0.25, 0.3) is 0 Å². The van der Waals surface area contributed by atoms with Crippen LogP contribution in [0, 0.1) is 6.92 Å². The van der Waals surface area contributed by atoms with Crippen molar-refractivity contribution in [2.75, 3.05) is 6.54 Å². The number of aliphatic carboxylic acids is 1. The average Bonchev–Trinajstić information content (AvgIpc) is 2.77. The van der Waals surface area contributed by atoms with Crippen molar-refractivity contribution in [3.8, 4) is 0 Å². The van der Waals surface area contributed by atoms with Crippen LogP contribution in [0.2, 0.25) is 0 Å². The first kappa shape index (κ1) is 14.1. The van der Waals surface area contributed by atoms with Gasteiger partial charge in [0, 0.05) is 29.2 Å². The Kier molecular flexibility index (Phi) is 3.97. The number of benzene rings is 1. The highest BCUT2D eigenvalue weighted by molar-refractivity contribution is 5.84. The molecule has 1 atom stereocenters. The number of carboxylic acid groups (broad SMARTS) is 1. The summed E-state index contributed by atoms with van der Waals surface area (Å²) in [6.45, 7) is 3.94. The lowest BCUT2D eigenvalue weighted by molar-refractivity contribution is -0.138. The maximum absolute atomic E-state index is 11.1. The molecule has 1 aliphatic heterocycles. The normalized spacial score (nSPS) is 20.0. The second-order valence-electron chi connectivity index (χ2n) is 5.99. The van der Waals surface area contributed by atoms with Crippen molar-refractivity contribution < 1.29 is 9.90 Å². The van der Waals surface area contributed by atoms with E-state index in [2.05, 4.69) is 35.0 Å². The molecule has 1 unspecified atom stereocenters. The van der Waals surface area contributed by atoms with Gasteiger partial charge in [0.2, 0.25) is 0 Å². The van der Waals surface area contributed by atoms with Crippen molar-refractivity contribution in [1.82, 2.24) is 9.88 Å². The number of fused-ring (bicyclic) bond motifs is 1. The highest BCUT2D eigenvalue weighted by Crippen LogP contribution is 2.27. The van der Waals surface area contributed by atoms with Crippen LogP contribution in [0.5, 0.6) is 0 Å². The minimum absolute atomic E-state index is 0.171. The molecule has 21 heavy (non-hydrogen) atoms. The van der Waals surface area contributed by atoms with Gasteiger partial charge >= 0.3 is 5.97 Å². The van der Waals surface area contributed by atoms with Crippen LogP contribution in [0.1, 0.15) is 36.9 Å². The molecule has 2 heterocycles. The number of rotatable bonds is 4. The Bertz CT molecular complexity index is 647. The molecule has 4 nitrogen and oxygen atoms in total. The van der Waals surface area contributed by atoms with E-state index < -0.39 is 5.97 Å². The Morgan fingerprint density at radius 3 is 3.00 bits per heavy atom. The van der Waals surface area contributed by atoms with Crippen molar-refractivity contribution in [2.24, 2.45) is 0 Å². The topological polar surface area (TPSA) is 56.3 Å². The molecule has 0 spiro atoms. The second kappa shape index (κ2) is 5.90. The number of carboxylic acids is 1. The SMILES string of the molecule is Cc1[nH]c2ccccc2c1CN1CCCCC1CC(=O)O. The van der Waals surface area contributed by atoms with Gasteiger partial charge in [-0.1, -0.05) is 24.6 Å². The number of aromatic amines is 1. The number of H-pyrrole nitrogens is 1. The van der Waals surface area contributed by atoms with Gasteiger partial charge in [-0.3, -0.25) is 9.69 Å². The maximum atomic E-state index is 11.1. The lowest BCUT2D eigenvalue weighted by Crippen LogP contribution is -2.40. The van der Waals surface area contributed by atoms with E-state index in [-0.39, 0.29) is 12.5 Å². The molecule has 1 aromatic carbocycles. The number of nitrogens with one attached hydrogen (secondary N) is 1. The van der Waals surface area contributed by atoms with E-state index >= 15 is 0 Å². The number of hydrogen-bond donors (Lipinski definition) is 2. The molecule has 1 fully saturated rings. The number of aromatic nitrogens is 1. The molecule has 1 aromatic heterocycles. The minimum atomic E-state index is -0.692. The molecule has 0 bridgehead atoms. The first-order chi connectivity index (χ1) is 10.1. The van der Waals surface area contributed by atoms with Crippen molar-refractivity contribution in [3.63, 3.8) is 0 Å². The molecule has 4 heteroatoms. The summed E-state index contributed by atoms with van der Waals surface area (Å²) >= 11 is 0. The molecular formula is C17H22N2O2. The van der Waals surface area contributed by atoms with E-state index in [4.69, 9.17) is 5.11 Å². The van der Waals surface area contributed by atoms with Gasteiger partial charge in [0.15, 0.2) is 0 Å². The number of nitrogens with zero attached hydrogens (tertiary/aromatic N) is 1. The van der Waals surface area contributed by atoms with Crippen LogP contribution >= 0.6 is 0 Å². The fourth-order valence-corrected chi connectivity index (χ4v) is 3.44. The Hall–Kier alpha value is -1.81. The summed E-state index contributed by atoms with van der Waals surface area (Å²) < 4.78 is 0. The van der Waals surface area contributed by atoms with Crippen LogP contribution in [-0.4, -0.2) is 33.5 Å². The summed E-state index contributed by atoms with van der Waals surface area (Å²) in [5, 5.41) is 10.4. The smallest absolute Gasteiger partial charge is 0.304 e. The van der Waals surface area contributed by atoms with Crippen LogP contribution in [0.3, 0.4) is 0 Å². The summed E-state index contributed by atoms with van der Waals surface area (Å²) in [5.74, 6) is -0.692. The van der Waals surface area contributed by atoms with Gasteiger partial charge < -0.3 is 10.1 Å². The number of hydrogen-bond acceptors (Lipinski definition) is 2. The third-order valence-electron chi connectivity index (χ3n) is 4.55. The molecule has 1 aliphatic rings. The average molecular weight is 286 g/mol. The molecule has 0 aliphatic carbocycles. The van der Waals surface area contributed by atoms with E-state index in [0.29, 0.717) is 0 Å². The quantitative estimate of drug-likeness (QED) is 0.906. The molecule has 2 aromatic rings. The zero-order valence-electron chi connectivity index (χ0n) is 12.4. The summed E-state index contributed by atoms with van der Waals surface area (Å²) in [4.78, 5) is 16.8. The minimum Gasteiger partial charge on any atom is -0.481 e. The first-order valence-electron chi connectivity index (χ1n) is 7.67. The van der Waals surface area contributed by atoms with Gasteiger partial charge in [0.05, 0.1) is 6.42 Å². The van der Waals surface area contributed by atoms with E-state index in [9.17, 15) is 4.79 Å². The third kappa shape index (κ3) is 2.95. The van der Waals surface area contributed by atoms with Gasteiger partial charge in [0.1, 0.15) is 0 Å². The van der Waals surface area contributed by atoms with Crippen LogP contribution in [0.4, 0.5) is 0 Å². The standard InChI is InChI=1S/C17H22N2O2/c1-12-15(14-7-2-3-8-16(14)18-12)11-19-9-5-4-6-13(19)10-17(20)21/h2-3,7-8,13,18H,4-6,9-11H2,1H3,(H,20,21). The molecule has 112 valence electrons. The lowest BCUT2D eigenvalue weighted by Gasteiger charge is -2.35. The fourth-order valence-electron chi connectivity index (χ4n) is 3.44. The predicted octanol–water partition coefficient (Wildman–Crippen LogP) is 3.31. The molecule has 2 N–H and O–H groups in total. The zero-order valence-corrected chi connectivity index (χ0v) is 12.4.